The lowest BCUT2D eigenvalue weighted by Gasteiger charge is -2.17. The van der Waals surface area contributed by atoms with Crippen molar-refractivity contribution in [3.05, 3.63) is 59.0 Å². The monoisotopic (exact) mass is 231 g/mol. The van der Waals surface area contributed by atoms with Gasteiger partial charge in [-0.2, -0.15) is 0 Å². The first-order valence-electron chi connectivity index (χ1n) is 5.32. The number of benzene rings is 1. The highest BCUT2D eigenvalue weighted by atomic mass is 19.1. The van der Waals surface area contributed by atoms with Crippen LogP contribution in [0.1, 0.15) is 22.7 Å². The Kier molecular flexibility index (Phi) is 3.06. The van der Waals surface area contributed by atoms with Gasteiger partial charge in [-0.1, -0.05) is 18.2 Å². The zero-order chi connectivity index (χ0) is 12.4. The van der Waals surface area contributed by atoms with Gasteiger partial charge in [-0.25, -0.2) is 9.37 Å². The van der Waals surface area contributed by atoms with Crippen molar-refractivity contribution in [3.63, 3.8) is 0 Å². The van der Waals surface area contributed by atoms with Crippen LogP contribution in [-0.2, 0) is 0 Å². The molecule has 0 aliphatic heterocycles. The molecule has 2 rings (SSSR count). The van der Waals surface area contributed by atoms with E-state index < -0.39 is 6.04 Å². The highest BCUT2D eigenvalue weighted by molar-refractivity contribution is 5.49. The van der Waals surface area contributed by atoms with Crippen LogP contribution in [0.4, 0.5) is 10.2 Å². The van der Waals surface area contributed by atoms with E-state index in [1.807, 2.05) is 13.0 Å². The number of pyridine rings is 1. The van der Waals surface area contributed by atoms with Crippen molar-refractivity contribution in [1.82, 2.24) is 4.98 Å². The van der Waals surface area contributed by atoms with Gasteiger partial charge in [0.05, 0.1) is 6.04 Å². The Balaban J connectivity index is 2.51. The number of rotatable bonds is 2. The average molecular weight is 231 g/mol. The van der Waals surface area contributed by atoms with E-state index in [0.29, 0.717) is 16.9 Å². The van der Waals surface area contributed by atoms with E-state index in [1.165, 1.54) is 6.07 Å². The SMILES string of the molecule is Cc1ccnc(N)c1C(N)c1ccccc1F. The van der Waals surface area contributed by atoms with E-state index in [4.69, 9.17) is 11.5 Å². The molecule has 3 nitrogen and oxygen atoms in total. The Morgan fingerprint density at radius 2 is 1.94 bits per heavy atom. The first-order chi connectivity index (χ1) is 8.11. The van der Waals surface area contributed by atoms with Gasteiger partial charge in [-0.15, -0.1) is 0 Å². The van der Waals surface area contributed by atoms with Gasteiger partial charge in [0.2, 0.25) is 0 Å². The molecule has 1 aromatic carbocycles. The van der Waals surface area contributed by atoms with Crippen LogP contribution in [0.15, 0.2) is 36.5 Å². The maximum atomic E-state index is 13.6. The normalized spacial score (nSPS) is 12.4. The lowest BCUT2D eigenvalue weighted by atomic mass is 9.96. The number of halogens is 1. The molecule has 1 heterocycles. The van der Waals surface area contributed by atoms with E-state index in [9.17, 15) is 4.39 Å². The minimum atomic E-state index is -0.593. The van der Waals surface area contributed by atoms with Crippen LogP contribution in [-0.4, -0.2) is 4.98 Å². The largest absolute Gasteiger partial charge is 0.383 e. The molecule has 0 aliphatic carbocycles. The van der Waals surface area contributed by atoms with Crippen LogP contribution in [0, 0.1) is 12.7 Å². The molecule has 4 heteroatoms. The lowest BCUT2D eigenvalue weighted by molar-refractivity contribution is 0.599. The molecule has 0 radical (unpaired) electrons. The minimum Gasteiger partial charge on any atom is -0.383 e. The summed E-state index contributed by atoms with van der Waals surface area (Å²) in [4.78, 5) is 3.99. The van der Waals surface area contributed by atoms with Crippen LogP contribution in [0.5, 0.6) is 0 Å². The zero-order valence-electron chi connectivity index (χ0n) is 9.52. The van der Waals surface area contributed by atoms with E-state index >= 15 is 0 Å². The Bertz CT molecular complexity index is 520. The van der Waals surface area contributed by atoms with Gasteiger partial charge in [-0.3, -0.25) is 0 Å². The second-order valence-corrected chi connectivity index (χ2v) is 3.93. The van der Waals surface area contributed by atoms with Gasteiger partial charge in [0.1, 0.15) is 11.6 Å². The summed E-state index contributed by atoms with van der Waals surface area (Å²) < 4.78 is 13.6. The predicted octanol–water partition coefficient (Wildman–Crippen LogP) is 2.16. The maximum Gasteiger partial charge on any atom is 0.128 e. The molecule has 0 saturated heterocycles. The van der Waals surface area contributed by atoms with Crippen molar-refractivity contribution in [3.8, 4) is 0 Å². The van der Waals surface area contributed by atoms with Gasteiger partial charge in [-0.05, 0) is 24.6 Å². The number of hydrogen-bond donors (Lipinski definition) is 2. The van der Waals surface area contributed by atoms with E-state index in [0.717, 1.165) is 5.56 Å². The van der Waals surface area contributed by atoms with Crippen molar-refractivity contribution in [2.75, 3.05) is 5.73 Å². The fourth-order valence-corrected chi connectivity index (χ4v) is 1.88. The molecule has 0 saturated carbocycles. The van der Waals surface area contributed by atoms with Crippen molar-refractivity contribution in [2.24, 2.45) is 5.73 Å². The molecule has 4 N–H and O–H groups in total. The molecule has 0 fully saturated rings. The smallest absolute Gasteiger partial charge is 0.128 e. The van der Waals surface area contributed by atoms with Crippen molar-refractivity contribution >= 4 is 5.82 Å². The second kappa shape index (κ2) is 4.51. The Morgan fingerprint density at radius 3 is 2.59 bits per heavy atom. The topological polar surface area (TPSA) is 64.9 Å². The number of nitrogens with zero attached hydrogens (tertiary/aromatic N) is 1. The van der Waals surface area contributed by atoms with Crippen LogP contribution < -0.4 is 11.5 Å². The van der Waals surface area contributed by atoms with Crippen LogP contribution in [0.2, 0.25) is 0 Å². The highest BCUT2D eigenvalue weighted by Gasteiger charge is 2.17. The van der Waals surface area contributed by atoms with E-state index in [1.54, 1.807) is 24.4 Å². The van der Waals surface area contributed by atoms with E-state index in [2.05, 4.69) is 4.98 Å². The first-order valence-corrected chi connectivity index (χ1v) is 5.32. The third kappa shape index (κ3) is 2.12. The fraction of sp³-hybridized carbons (Fsp3) is 0.154. The number of aromatic nitrogens is 1. The Morgan fingerprint density at radius 1 is 1.24 bits per heavy atom. The number of nitrogen functional groups attached to an aromatic ring is 1. The molecule has 0 amide bonds. The van der Waals surface area contributed by atoms with Gasteiger partial charge >= 0.3 is 0 Å². The number of aryl methyl sites for hydroxylation is 1. The quantitative estimate of drug-likeness (QED) is 0.832. The molecule has 0 aliphatic rings. The Hall–Kier alpha value is -1.94. The predicted molar refractivity (Wildman–Crippen MR) is 65.8 cm³/mol. The molecule has 88 valence electrons. The molecular weight excluding hydrogens is 217 g/mol. The minimum absolute atomic E-state index is 0.331. The van der Waals surface area contributed by atoms with Crippen molar-refractivity contribution < 1.29 is 4.39 Å². The summed E-state index contributed by atoms with van der Waals surface area (Å²) in [5.74, 6) is 0.0170. The summed E-state index contributed by atoms with van der Waals surface area (Å²) in [5.41, 5.74) is 13.9. The molecule has 17 heavy (non-hydrogen) atoms. The van der Waals surface area contributed by atoms with Crippen molar-refractivity contribution in [2.45, 2.75) is 13.0 Å². The molecule has 0 spiro atoms. The summed E-state index contributed by atoms with van der Waals surface area (Å²) in [7, 11) is 0. The fourth-order valence-electron chi connectivity index (χ4n) is 1.88. The summed E-state index contributed by atoms with van der Waals surface area (Å²) >= 11 is 0. The van der Waals surface area contributed by atoms with Gasteiger partial charge in [0.25, 0.3) is 0 Å². The molecule has 2 aromatic rings. The molecule has 0 bridgehead atoms. The van der Waals surface area contributed by atoms with Crippen LogP contribution in [0.25, 0.3) is 0 Å². The molecule has 1 atom stereocenters. The summed E-state index contributed by atoms with van der Waals surface area (Å²) in [6.45, 7) is 1.88. The van der Waals surface area contributed by atoms with Crippen molar-refractivity contribution in [1.29, 1.82) is 0 Å². The zero-order valence-corrected chi connectivity index (χ0v) is 9.52. The molecular formula is C13H14FN3. The maximum absolute atomic E-state index is 13.6. The van der Waals surface area contributed by atoms with Crippen LogP contribution >= 0.6 is 0 Å². The first kappa shape index (κ1) is 11.5. The average Bonchev–Trinajstić information content (AvgIpc) is 2.29. The third-order valence-electron chi connectivity index (χ3n) is 2.79. The third-order valence-corrected chi connectivity index (χ3v) is 2.79. The Labute approximate surface area is 99.3 Å². The number of hydrogen-bond acceptors (Lipinski definition) is 3. The summed E-state index contributed by atoms with van der Waals surface area (Å²) in [6.07, 6.45) is 1.61. The van der Waals surface area contributed by atoms with Gasteiger partial charge in [0, 0.05) is 17.3 Å². The summed E-state index contributed by atoms with van der Waals surface area (Å²) in [6, 6.07) is 7.64. The lowest BCUT2D eigenvalue weighted by Crippen LogP contribution is -2.17. The second-order valence-electron chi connectivity index (χ2n) is 3.93. The van der Waals surface area contributed by atoms with Crippen LogP contribution in [0.3, 0.4) is 0 Å². The highest BCUT2D eigenvalue weighted by Crippen LogP contribution is 2.27. The summed E-state index contributed by atoms with van der Waals surface area (Å²) in [5, 5.41) is 0. The standard InChI is InChI=1S/C13H14FN3/c1-8-6-7-17-13(16)11(8)12(15)9-4-2-3-5-10(9)14/h2-7,12H,15H2,1H3,(H2,16,17). The van der Waals surface area contributed by atoms with Gasteiger partial charge < -0.3 is 11.5 Å². The van der Waals surface area contributed by atoms with E-state index in [-0.39, 0.29) is 5.82 Å². The number of anilines is 1. The molecule has 1 unspecified atom stereocenters. The number of nitrogens with two attached hydrogens (primary N) is 2. The molecule has 1 aromatic heterocycles. The van der Waals surface area contributed by atoms with Gasteiger partial charge in [0.15, 0.2) is 0 Å².